The zero-order chi connectivity index (χ0) is 20.2. The fraction of sp³-hybridized carbons (Fsp3) is 0.368. The normalized spacial score (nSPS) is 12.4. The first kappa shape index (κ1) is 20.7. The summed E-state index contributed by atoms with van der Waals surface area (Å²) in [5.74, 6) is 0.220. The molecule has 1 atom stereocenters. The van der Waals surface area contributed by atoms with E-state index in [0.717, 1.165) is 5.56 Å². The van der Waals surface area contributed by atoms with Gasteiger partial charge in [0.1, 0.15) is 0 Å². The molecule has 27 heavy (non-hydrogen) atoms. The van der Waals surface area contributed by atoms with E-state index in [2.05, 4.69) is 55.0 Å². The number of hydrogen-bond acceptors (Lipinski definition) is 5. The van der Waals surface area contributed by atoms with Crippen LogP contribution >= 0.6 is 11.8 Å². The molecule has 144 valence electrons. The Bertz CT molecular complexity index is 837. The summed E-state index contributed by atoms with van der Waals surface area (Å²) in [5.41, 5.74) is 7.22. The average Bonchev–Trinajstić information content (AvgIpc) is 2.96. The van der Waals surface area contributed by atoms with E-state index in [9.17, 15) is 9.59 Å². The van der Waals surface area contributed by atoms with E-state index in [0.29, 0.717) is 17.5 Å². The summed E-state index contributed by atoms with van der Waals surface area (Å²) < 4.78 is 1.89. The number of hydrogen-bond donors (Lipinski definition) is 2. The molecule has 8 heteroatoms. The van der Waals surface area contributed by atoms with E-state index in [1.807, 2.05) is 16.7 Å². The Morgan fingerprint density at radius 1 is 1.30 bits per heavy atom. The van der Waals surface area contributed by atoms with Crippen LogP contribution in [0.4, 0.5) is 4.79 Å². The third kappa shape index (κ3) is 5.19. The molecule has 3 amide bonds. The van der Waals surface area contributed by atoms with Crippen molar-refractivity contribution in [2.45, 2.75) is 50.1 Å². The van der Waals surface area contributed by atoms with Crippen molar-refractivity contribution in [2.24, 2.45) is 5.73 Å². The number of primary amides is 1. The van der Waals surface area contributed by atoms with Crippen LogP contribution in [0.5, 0.6) is 0 Å². The maximum atomic E-state index is 11.9. The second-order valence-corrected chi connectivity index (χ2v) is 8.45. The predicted octanol–water partition coefficient (Wildman–Crippen LogP) is 3.10. The lowest BCUT2D eigenvalue weighted by molar-refractivity contribution is -0.119. The SMILES string of the molecule is C=CCn1c(S[C@H](C)C(=O)NC(N)=O)nnc1-c1ccc(C(C)(C)C)cc1. The molecule has 0 aliphatic heterocycles. The lowest BCUT2D eigenvalue weighted by atomic mass is 9.87. The summed E-state index contributed by atoms with van der Waals surface area (Å²) in [5, 5.41) is 10.6. The molecule has 0 saturated heterocycles. The number of aromatic nitrogens is 3. The van der Waals surface area contributed by atoms with E-state index >= 15 is 0 Å². The summed E-state index contributed by atoms with van der Waals surface area (Å²) in [6.45, 7) is 12.4. The molecular weight excluding hydrogens is 362 g/mol. The molecule has 0 saturated carbocycles. The number of carbonyl (C=O) groups is 2. The zero-order valence-electron chi connectivity index (χ0n) is 16.0. The fourth-order valence-electron chi connectivity index (χ4n) is 2.44. The number of amides is 3. The Morgan fingerprint density at radius 3 is 2.44 bits per heavy atom. The van der Waals surface area contributed by atoms with Gasteiger partial charge in [-0.25, -0.2) is 4.79 Å². The van der Waals surface area contributed by atoms with Crippen LogP contribution in [0.15, 0.2) is 42.1 Å². The van der Waals surface area contributed by atoms with Crippen molar-refractivity contribution in [1.82, 2.24) is 20.1 Å². The molecule has 0 bridgehead atoms. The summed E-state index contributed by atoms with van der Waals surface area (Å²) >= 11 is 1.20. The molecule has 2 aromatic rings. The smallest absolute Gasteiger partial charge is 0.318 e. The molecule has 0 radical (unpaired) electrons. The monoisotopic (exact) mass is 387 g/mol. The van der Waals surface area contributed by atoms with Gasteiger partial charge in [-0.05, 0) is 17.9 Å². The van der Waals surface area contributed by atoms with Gasteiger partial charge >= 0.3 is 6.03 Å². The van der Waals surface area contributed by atoms with Crippen LogP contribution in [0.2, 0.25) is 0 Å². The van der Waals surface area contributed by atoms with Crippen LogP contribution in [-0.2, 0) is 16.8 Å². The molecule has 3 N–H and O–H groups in total. The molecule has 0 fully saturated rings. The molecule has 2 rings (SSSR count). The Balaban J connectivity index is 2.30. The lowest BCUT2D eigenvalue weighted by Crippen LogP contribution is -2.39. The number of urea groups is 1. The summed E-state index contributed by atoms with van der Waals surface area (Å²) in [4.78, 5) is 22.8. The number of thioether (sulfide) groups is 1. The Morgan fingerprint density at radius 2 is 1.93 bits per heavy atom. The van der Waals surface area contributed by atoms with E-state index < -0.39 is 17.2 Å². The van der Waals surface area contributed by atoms with Gasteiger partial charge < -0.3 is 5.73 Å². The number of imide groups is 1. The molecule has 1 heterocycles. The number of nitrogens with two attached hydrogens (primary N) is 1. The average molecular weight is 388 g/mol. The highest BCUT2D eigenvalue weighted by Gasteiger charge is 2.21. The molecule has 0 spiro atoms. The van der Waals surface area contributed by atoms with E-state index in [1.165, 1.54) is 17.3 Å². The Hall–Kier alpha value is -2.61. The highest BCUT2D eigenvalue weighted by Crippen LogP contribution is 2.29. The minimum atomic E-state index is -0.875. The standard InChI is InChI=1S/C19H25N5O2S/c1-6-11-24-15(13-7-9-14(10-8-13)19(3,4)5)22-23-18(24)27-12(2)16(25)21-17(20)26/h6-10,12H,1,11H2,2-5H3,(H3,20,21,25,26)/t12-/m1/s1. The minimum absolute atomic E-state index is 0.0670. The molecule has 1 aromatic heterocycles. The third-order valence-corrected chi connectivity index (χ3v) is 5.02. The fourth-order valence-corrected chi connectivity index (χ4v) is 3.30. The predicted molar refractivity (Wildman–Crippen MR) is 107 cm³/mol. The van der Waals surface area contributed by atoms with Crippen LogP contribution in [0.1, 0.15) is 33.3 Å². The van der Waals surface area contributed by atoms with Gasteiger partial charge in [-0.2, -0.15) is 0 Å². The summed E-state index contributed by atoms with van der Waals surface area (Å²) in [7, 11) is 0. The van der Waals surface area contributed by atoms with Gasteiger partial charge in [0.25, 0.3) is 0 Å². The van der Waals surface area contributed by atoms with Crippen molar-refractivity contribution >= 4 is 23.7 Å². The Kier molecular flexibility index (Phi) is 6.43. The molecule has 7 nitrogen and oxygen atoms in total. The van der Waals surface area contributed by atoms with Crippen LogP contribution in [0, 0.1) is 0 Å². The number of nitrogens with zero attached hydrogens (tertiary/aromatic N) is 3. The van der Waals surface area contributed by atoms with E-state index in [-0.39, 0.29) is 5.41 Å². The topological polar surface area (TPSA) is 103 Å². The van der Waals surface area contributed by atoms with Crippen molar-refractivity contribution in [1.29, 1.82) is 0 Å². The quantitative estimate of drug-likeness (QED) is 0.586. The number of allylic oxidation sites excluding steroid dienone is 1. The first-order valence-corrected chi connectivity index (χ1v) is 9.43. The maximum absolute atomic E-state index is 11.9. The number of nitrogens with one attached hydrogen (secondary N) is 1. The second kappa shape index (κ2) is 8.39. The molecule has 0 aliphatic rings. The van der Waals surface area contributed by atoms with Gasteiger partial charge in [-0.3, -0.25) is 14.7 Å². The van der Waals surface area contributed by atoms with Crippen molar-refractivity contribution in [3.63, 3.8) is 0 Å². The minimum Gasteiger partial charge on any atom is -0.351 e. The van der Waals surface area contributed by atoms with Crippen molar-refractivity contribution in [3.8, 4) is 11.4 Å². The largest absolute Gasteiger partial charge is 0.351 e. The van der Waals surface area contributed by atoms with Gasteiger partial charge in [0.15, 0.2) is 11.0 Å². The van der Waals surface area contributed by atoms with Gasteiger partial charge in [0.05, 0.1) is 5.25 Å². The third-order valence-electron chi connectivity index (χ3n) is 3.94. The first-order chi connectivity index (χ1) is 12.6. The van der Waals surface area contributed by atoms with Gasteiger partial charge in [0.2, 0.25) is 5.91 Å². The lowest BCUT2D eigenvalue weighted by Gasteiger charge is -2.19. The number of rotatable bonds is 6. The van der Waals surface area contributed by atoms with Crippen LogP contribution in [0.25, 0.3) is 11.4 Å². The molecule has 0 unspecified atom stereocenters. The maximum Gasteiger partial charge on any atom is 0.318 e. The van der Waals surface area contributed by atoms with Crippen LogP contribution < -0.4 is 11.1 Å². The highest BCUT2D eigenvalue weighted by atomic mass is 32.2. The molecular formula is C19H25N5O2S. The Labute approximate surface area is 163 Å². The first-order valence-electron chi connectivity index (χ1n) is 8.55. The number of benzene rings is 1. The van der Waals surface area contributed by atoms with Gasteiger partial charge in [-0.15, -0.1) is 16.8 Å². The molecule has 0 aliphatic carbocycles. The van der Waals surface area contributed by atoms with E-state index in [1.54, 1.807) is 13.0 Å². The second-order valence-electron chi connectivity index (χ2n) is 7.15. The van der Waals surface area contributed by atoms with Gasteiger partial charge in [-0.1, -0.05) is 62.9 Å². The van der Waals surface area contributed by atoms with E-state index in [4.69, 9.17) is 5.73 Å². The summed E-state index contributed by atoms with van der Waals surface area (Å²) in [6.07, 6.45) is 1.74. The number of carbonyl (C=O) groups excluding carboxylic acids is 2. The van der Waals surface area contributed by atoms with Crippen molar-refractivity contribution < 1.29 is 9.59 Å². The molecule has 1 aromatic carbocycles. The van der Waals surface area contributed by atoms with Crippen LogP contribution in [-0.4, -0.2) is 32.0 Å². The summed E-state index contributed by atoms with van der Waals surface area (Å²) in [6, 6.07) is 7.32. The van der Waals surface area contributed by atoms with Gasteiger partial charge in [0, 0.05) is 12.1 Å². The highest BCUT2D eigenvalue weighted by molar-refractivity contribution is 8.00. The van der Waals surface area contributed by atoms with Crippen molar-refractivity contribution in [2.75, 3.05) is 0 Å². The zero-order valence-corrected chi connectivity index (χ0v) is 16.8. The van der Waals surface area contributed by atoms with Crippen molar-refractivity contribution in [3.05, 3.63) is 42.5 Å². The van der Waals surface area contributed by atoms with Crippen LogP contribution in [0.3, 0.4) is 0 Å².